The first-order valence-electron chi connectivity index (χ1n) is 8.95. The maximum atomic E-state index is 14.6. The third-order valence-electron chi connectivity index (χ3n) is 4.71. The second-order valence-corrected chi connectivity index (χ2v) is 6.53. The van der Waals surface area contributed by atoms with Gasteiger partial charge >= 0.3 is 6.03 Å². The van der Waals surface area contributed by atoms with Gasteiger partial charge < -0.3 is 20.3 Å². The Balaban J connectivity index is 1.80. The molecule has 0 aliphatic carbocycles. The fourth-order valence-corrected chi connectivity index (χ4v) is 3.37. The Morgan fingerprint density at radius 2 is 2.27 bits per heavy atom. The summed E-state index contributed by atoms with van der Waals surface area (Å²) < 4.78 is 20.1. The summed E-state index contributed by atoms with van der Waals surface area (Å²) in [4.78, 5) is 18.5. The van der Waals surface area contributed by atoms with E-state index in [0.717, 1.165) is 17.8 Å². The Morgan fingerprint density at radius 1 is 1.46 bits per heavy atom. The third-order valence-corrected chi connectivity index (χ3v) is 4.71. The van der Waals surface area contributed by atoms with E-state index in [0.29, 0.717) is 43.3 Å². The Morgan fingerprint density at radius 3 is 2.96 bits per heavy atom. The molecule has 2 aliphatic heterocycles. The van der Waals surface area contributed by atoms with Crippen LogP contribution in [0.5, 0.6) is 0 Å². The molecule has 2 aliphatic rings. The molecule has 1 atom stereocenters. The molecule has 2 N–H and O–H groups in total. The summed E-state index contributed by atoms with van der Waals surface area (Å²) in [5, 5.41) is 5.23. The molecule has 0 radical (unpaired) electrons. The first kappa shape index (κ1) is 18.4. The first-order valence-corrected chi connectivity index (χ1v) is 8.95. The zero-order valence-corrected chi connectivity index (χ0v) is 15.4. The minimum Gasteiger partial charge on any atom is -0.377 e. The number of urea groups is 1. The Hall–Kier alpha value is -2.41. The molecule has 6 nitrogen and oxygen atoms in total. The van der Waals surface area contributed by atoms with Crippen LogP contribution < -0.4 is 10.6 Å². The number of halogens is 1. The molecule has 0 aromatic heterocycles. The SMILES string of the molecule is CCNC(=O)Nc1ccc(C2=NCC(N3CCOC[C@@H]3C)=C2C)c(F)c1. The number of amides is 2. The maximum absolute atomic E-state index is 14.6. The van der Waals surface area contributed by atoms with Gasteiger partial charge in [0.25, 0.3) is 0 Å². The molecule has 1 aromatic rings. The summed E-state index contributed by atoms with van der Waals surface area (Å²) >= 11 is 0. The van der Waals surface area contributed by atoms with Gasteiger partial charge in [-0.2, -0.15) is 0 Å². The molecule has 0 saturated carbocycles. The van der Waals surface area contributed by atoms with Crippen molar-refractivity contribution in [1.82, 2.24) is 10.2 Å². The molecule has 26 heavy (non-hydrogen) atoms. The Bertz CT molecular complexity index is 760. The molecule has 2 amide bonds. The highest BCUT2D eigenvalue weighted by Crippen LogP contribution is 2.27. The minimum absolute atomic E-state index is 0.289. The van der Waals surface area contributed by atoms with E-state index in [1.165, 1.54) is 6.07 Å². The molecular formula is C19H25FN4O2. The van der Waals surface area contributed by atoms with E-state index in [-0.39, 0.29) is 12.1 Å². The quantitative estimate of drug-likeness (QED) is 0.868. The van der Waals surface area contributed by atoms with Gasteiger partial charge in [0.05, 0.1) is 25.5 Å². The number of ether oxygens (including phenoxy) is 1. The van der Waals surface area contributed by atoms with Crippen LogP contribution in [0.25, 0.3) is 0 Å². The van der Waals surface area contributed by atoms with Crippen molar-refractivity contribution in [3.63, 3.8) is 0 Å². The van der Waals surface area contributed by atoms with E-state index in [1.54, 1.807) is 12.1 Å². The van der Waals surface area contributed by atoms with Gasteiger partial charge in [-0.3, -0.25) is 4.99 Å². The summed E-state index contributed by atoms with van der Waals surface area (Å²) in [6.45, 7) is 9.23. The third kappa shape index (κ3) is 3.72. The average molecular weight is 360 g/mol. The molecule has 7 heteroatoms. The maximum Gasteiger partial charge on any atom is 0.319 e. The number of morpholine rings is 1. The van der Waals surface area contributed by atoms with Crippen LogP contribution in [0, 0.1) is 5.82 Å². The van der Waals surface area contributed by atoms with Gasteiger partial charge in [-0.05, 0) is 44.5 Å². The fourth-order valence-electron chi connectivity index (χ4n) is 3.37. The number of rotatable bonds is 4. The number of nitrogens with one attached hydrogen (secondary N) is 2. The zero-order valence-electron chi connectivity index (χ0n) is 15.4. The predicted octanol–water partition coefficient (Wildman–Crippen LogP) is 2.76. The van der Waals surface area contributed by atoms with Crippen LogP contribution in [-0.4, -0.2) is 55.5 Å². The van der Waals surface area contributed by atoms with E-state index < -0.39 is 5.82 Å². The number of allylic oxidation sites excluding steroid dienone is 1. The van der Waals surface area contributed by atoms with E-state index >= 15 is 0 Å². The molecule has 3 rings (SSSR count). The highest BCUT2D eigenvalue weighted by atomic mass is 19.1. The standard InChI is InChI=1S/C19H25FN4O2/c1-4-21-19(25)23-14-5-6-15(16(20)9-14)18-13(3)17(10-22-18)24-7-8-26-11-12(24)2/h5-6,9,12H,4,7-8,10-11H2,1-3H3,(H2,21,23,25)/t12-/m0/s1. The molecule has 0 spiro atoms. The van der Waals surface area contributed by atoms with Crippen molar-refractivity contribution in [2.75, 3.05) is 38.2 Å². The number of carbonyl (C=O) groups is 1. The lowest BCUT2D eigenvalue weighted by Gasteiger charge is -2.36. The number of nitrogens with zero attached hydrogens (tertiary/aromatic N) is 2. The minimum atomic E-state index is -0.395. The van der Waals surface area contributed by atoms with E-state index in [1.807, 2.05) is 13.8 Å². The number of aliphatic imine (C=N–C) groups is 1. The zero-order chi connectivity index (χ0) is 18.7. The highest BCUT2D eigenvalue weighted by Gasteiger charge is 2.28. The van der Waals surface area contributed by atoms with Crippen molar-refractivity contribution in [3.05, 3.63) is 40.8 Å². The molecule has 2 heterocycles. The molecule has 140 valence electrons. The van der Waals surface area contributed by atoms with Gasteiger partial charge in [0, 0.05) is 36.1 Å². The smallest absolute Gasteiger partial charge is 0.319 e. The van der Waals surface area contributed by atoms with E-state index in [2.05, 4.69) is 27.4 Å². The number of benzene rings is 1. The lowest BCUT2D eigenvalue weighted by Crippen LogP contribution is -2.43. The van der Waals surface area contributed by atoms with Gasteiger partial charge in [0.2, 0.25) is 0 Å². The second-order valence-electron chi connectivity index (χ2n) is 6.53. The van der Waals surface area contributed by atoms with Gasteiger partial charge in [-0.1, -0.05) is 0 Å². The van der Waals surface area contributed by atoms with Crippen molar-refractivity contribution in [1.29, 1.82) is 0 Å². The van der Waals surface area contributed by atoms with Gasteiger partial charge in [-0.15, -0.1) is 0 Å². The van der Waals surface area contributed by atoms with Crippen molar-refractivity contribution in [2.24, 2.45) is 4.99 Å². The molecule has 1 aromatic carbocycles. The summed E-state index contributed by atoms with van der Waals surface area (Å²) in [5.41, 5.74) is 3.70. The molecule has 1 fully saturated rings. The van der Waals surface area contributed by atoms with Crippen molar-refractivity contribution in [2.45, 2.75) is 26.8 Å². The van der Waals surface area contributed by atoms with Crippen molar-refractivity contribution >= 4 is 17.4 Å². The van der Waals surface area contributed by atoms with Crippen LogP contribution in [0.15, 0.2) is 34.5 Å². The van der Waals surface area contributed by atoms with Crippen LogP contribution in [0.2, 0.25) is 0 Å². The van der Waals surface area contributed by atoms with Crippen LogP contribution in [0.1, 0.15) is 26.3 Å². The molecule has 1 saturated heterocycles. The Labute approximate surface area is 153 Å². The number of hydrogen-bond donors (Lipinski definition) is 2. The lowest BCUT2D eigenvalue weighted by atomic mass is 10.0. The van der Waals surface area contributed by atoms with E-state index in [9.17, 15) is 9.18 Å². The first-order chi connectivity index (χ1) is 12.5. The van der Waals surface area contributed by atoms with E-state index in [4.69, 9.17) is 4.74 Å². The van der Waals surface area contributed by atoms with Crippen LogP contribution in [0.4, 0.5) is 14.9 Å². The predicted molar refractivity (Wildman–Crippen MR) is 100 cm³/mol. The summed E-state index contributed by atoms with van der Waals surface area (Å²) in [5.74, 6) is -0.395. The van der Waals surface area contributed by atoms with Crippen LogP contribution in [0.3, 0.4) is 0 Å². The van der Waals surface area contributed by atoms with Crippen molar-refractivity contribution in [3.8, 4) is 0 Å². The number of carbonyl (C=O) groups excluding carboxylic acids is 1. The normalized spacial score (nSPS) is 20.2. The Kier molecular flexibility index (Phi) is 5.56. The summed E-state index contributed by atoms with van der Waals surface area (Å²) in [7, 11) is 0. The lowest BCUT2D eigenvalue weighted by molar-refractivity contribution is 0.0164. The summed E-state index contributed by atoms with van der Waals surface area (Å²) in [6.07, 6.45) is 0. The van der Waals surface area contributed by atoms with Gasteiger partial charge in [0.15, 0.2) is 0 Å². The average Bonchev–Trinajstić information content (AvgIpc) is 2.97. The molecule has 0 bridgehead atoms. The molecule has 0 unspecified atom stereocenters. The largest absolute Gasteiger partial charge is 0.377 e. The summed E-state index contributed by atoms with van der Waals surface area (Å²) in [6, 6.07) is 4.63. The van der Waals surface area contributed by atoms with Gasteiger partial charge in [-0.25, -0.2) is 9.18 Å². The van der Waals surface area contributed by atoms with Crippen LogP contribution in [-0.2, 0) is 4.74 Å². The van der Waals surface area contributed by atoms with Gasteiger partial charge in [0.1, 0.15) is 5.82 Å². The van der Waals surface area contributed by atoms with Crippen LogP contribution >= 0.6 is 0 Å². The second kappa shape index (κ2) is 7.86. The monoisotopic (exact) mass is 360 g/mol. The molecular weight excluding hydrogens is 335 g/mol. The number of anilines is 1. The highest BCUT2D eigenvalue weighted by molar-refractivity contribution is 6.14. The fraction of sp³-hybridized carbons (Fsp3) is 0.474. The topological polar surface area (TPSA) is 66.0 Å². The van der Waals surface area contributed by atoms with Crippen molar-refractivity contribution < 1.29 is 13.9 Å². The number of hydrogen-bond acceptors (Lipinski definition) is 4.